The fourth-order valence-electron chi connectivity index (χ4n) is 2.34. The van der Waals surface area contributed by atoms with Crippen LogP contribution in [0.2, 0.25) is 0 Å². The maximum absolute atomic E-state index is 12.6. The lowest BCUT2D eigenvalue weighted by Crippen LogP contribution is -2.13. The van der Waals surface area contributed by atoms with Crippen LogP contribution in [0.5, 0.6) is 11.5 Å². The third kappa shape index (κ3) is 4.41. The summed E-state index contributed by atoms with van der Waals surface area (Å²) >= 11 is 2.17. The molecule has 2 aromatic carbocycles. The molecule has 0 aliphatic rings. The van der Waals surface area contributed by atoms with E-state index in [-0.39, 0.29) is 5.91 Å². The van der Waals surface area contributed by atoms with Gasteiger partial charge in [0.05, 0.1) is 17.3 Å². The quantitative estimate of drug-likeness (QED) is 0.648. The summed E-state index contributed by atoms with van der Waals surface area (Å²) in [4.78, 5) is 12.6. The standard InChI is InChI=1S/C19H22INO3/c1-5-8-24-18-15(20)10-14(11-17(18)23-4)19(22)21-16-7-6-12(2)9-13(16)3/h6-7,9-11H,5,8H2,1-4H3,(H,21,22). The van der Waals surface area contributed by atoms with Gasteiger partial charge in [-0.15, -0.1) is 0 Å². The van der Waals surface area contributed by atoms with Gasteiger partial charge in [-0.2, -0.15) is 0 Å². The first-order valence-electron chi connectivity index (χ1n) is 7.85. The number of carbonyl (C=O) groups is 1. The highest BCUT2D eigenvalue weighted by Crippen LogP contribution is 2.34. The number of halogens is 1. The molecule has 0 atom stereocenters. The van der Waals surface area contributed by atoms with Gasteiger partial charge in [0.2, 0.25) is 0 Å². The van der Waals surface area contributed by atoms with Crippen molar-refractivity contribution in [1.29, 1.82) is 0 Å². The Kier molecular flexibility index (Phi) is 6.48. The Bertz CT molecular complexity index is 744. The highest BCUT2D eigenvalue weighted by atomic mass is 127. The number of ether oxygens (including phenoxy) is 2. The lowest BCUT2D eigenvalue weighted by molar-refractivity contribution is 0.102. The van der Waals surface area contributed by atoms with Gasteiger partial charge >= 0.3 is 0 Å². The molecule has 0 spiro atoms. The van der Waals surface area contributed by atoms with Crippen LogP contribution in [0, 0.1) is 17.4 Å². The Morgan fingerprint density at radius 3 is 2.58 bits per heavy atom. The molecule has 0 saturated heterocycles. The third-order valence-electron chi connectivity index (χ3n) is 3.57. The predicted octanol–water partition coefficient (Wildman–Crippen LogP) is 4.96. The minimum Gasteiger partial charge on any atom is -0.493 e. The number of nitrogens with one attached hydrogen (secondary N) is 1. The molecule has 0 fully saturated rings. The molecule has 2 aromatic rings. The molecule has 5 heteroatoms. The van der Waals surface area contributed by atoms with Crippen LogP contribution in [0.15, 0.2) is 30.3 Å². The molecule has 24 heavy (non-hydrogen) atoms. The van der Waals surface area contributed by atoms with Gasteiger partial charge in [0.25, 0.3) is 5.91 Å². The molecule has 4 nitrogen and oxygen atoms in total. The van der Waals surface area contributed by atoms with E-state index in [4.69, 9.17) is 9.47 Å². The molecule has 0 heterocycles. The lowest BCUT2D eigenvalue weighted by Gasteiger charge is -2.14. The Labute approximate surface area is 156 Å². The van der Waals surface area contributed by atoms with Crippen LogP contribution >= 0.6 is 22.6 Å². The van der Waals surface area contributed by atoms with Crippen molar-refractivity contribution in [3.05, 3.63) is 50.6 Å². The Balaban J connectivity index is 2.27. The van der Waals surface area contributed by atoms with E-state index in [0.717, 1.165) is 21.2 Å². The van der Waals surface area contributed by atoms with Crippen LogP contribution in [0.25, 0.3) is 0 Å². The number of carbonyl (C=O) groups excluding carboxylic acids is 1. The number of methoxy groups -OCH3 is 1. The van der Waals surface area contributed by atoms with Crippen LogP contribution in [-0.2, 0) is 0 Å². The van der Waals surface area contributed by atoms with Gasteiger partial charge < -0.3 is 14.8 Å². The molecule has 1 amide bonds. The predicted molar refractivity (Wildman–Crippen MR) is 105 cm³/mol. The molecule has 0 radical (unpaired) electrons. The average molecular weight is 439 g/mol. The van der Waals surface area contributed by atoms with Crippen LogP contribution in [0.3, 0.4) is 0 Å². The third-order valence-corrected chi connectivity index (χ3v) is 4.37. The Morgan fingerprint density at radius 2 is 1.96 bits per heavy atom. The second-order valence-corrected chi connectivity index (χ2v) is 6.77. The zero-order chi connectivity index (χ0) is 17.7. The van der Waals surface area contributed by atoms with Crippen LogP contribution in [0.1, 0.15) is 34.8 Å². The zero-order valence-electron chi connectivity index (χ0n) is 14.4. The van der Waals surface area contributed by atoms with E-state index in [0.29, 0.717) is 23.7 Å². The molecule has 0 saturated carbocycles. The molecule has 0 aliphatic carbocycles. The molecule has 0 unspecified atom stereocenters. The topological polar surface area (TPSA) is 47.6 Å². The largest absolute Gasteiger partial charge is 0.493 e. The van der Waals surface area contributed by atoms with Crippen molar-refractivity contribution in [2.45, 2.75) is 27.2 Å². The SMILES string of the molecule is CCCOc1c(I)cc(C(=O)Nc2ccc(C)cc2C)cc1OC. The van der Waals surface area contributed by atoms with Crippen LogP contribution in [0.4, 0.5) is 5.69 Å². The summed E-state index contributed by atoms with van der Waals surface area (Å²) in [7, 11) is 1.58. The molecule has 0 bridgehead atoms. The van der Waals surface area contributed by atoms with E-state index in [2.05, 4.69) is 27.9 Å². The maximum Gasteiger partial charge on any atom is 0.255 e. The molecule has 128 valence electrons. The highest BCUT2D eigenvalue weighted by Gasteiger charge is 2.16. The van der Waals surface area contributed by atoms with Crippen molar-refractivity contribution < 1.29 is 14.3 Å². The van der Waals surface area contributed by atoms with E-state index < -0.39 is 0 Å². The number of benzene rings is 2. The van der Waals surface area contributed by atoms with Gasteiger partial charge in [-0.3, -0.25) is 4.79 Å². The second-order valence-electron chi connectivity index (χ2n) is 5.61. The first-order chi connectivity index (χ1) is 11.5. The Hall–Kier alpha value is -1.76. The Morgan fingerprint density at radius 1 is 1.21 bits per heavy atom. The monoisotopic (exact) mass is 439 g/mol. The first-order valence-corrected chi connectivity index (χ1v) is 8.93. The molecule has 1 N–H and O–H groups in total. The number of aryl methyl sites for hydroxylation is 2. The summed E-state index contributed by atoms with van der Waals surface area (Å²) in [6.45, 7) is 6.67. The summed E-state index contributed by atoms with van der Waals surface area (Å²) in [6.07, 6.45) is 0.911. The summed E-state index contributed by atoms with van der Waals surface area (Å²) in [5.41, 5.74) is 3.55. The lowest BCUT2D eigenvalue weighted by atomic mass is 10.1. The van der Waals surface area contributed by atoms with E-state index in [9.17, 15) is 4.79 Å². The normalized spacial score (nSPS) is 10.4. The minimum atomic E-state index is -0.166. The summed E-state index contributed by atoms with van der Waals surface area (Å²) in [5, 5.41) is 2.96. The van der Waals surface area contributed by atoms with Crippen molar-refractivity contribution in [3.63, 3.8) is 0 Å². The average Bonchev–Trinajstić information content (AvgIpc) is 2.55. The highest BCUT2D eigenvalue weighted by molar-refractivity contribution is 14.1. The van der Waals surface area contributed by atoms with E-state index >= 15 is 0 Å². The van der Waals surface area contributed by atoms with Crippen molar-refractivity contribution in [2.24, 2.45) is 0 Å². The van der Waals surface area contributed by atoms with Gasteiger partial charge in [0, 0.05) is 11.3 Å². The van der Waals surface area contributed by atoms with Gasteiger partial charge in [-0.05, 0) is 66.6 Å². The van der Waals surface area contributed by atoms with Crippen molar-refractivity contribution >= 4 is 34.2 Å². The fourth-order valence-corrected chi connectivity index (χ4v) is 3.10. The number of hydrogen-bond acceptors (Lipinski definition) is 3. The smallest absolute Gasteiger partial charge is 0.255 e. The molecule has 0 aliphatic heterocycles. The van der Waals surface area contributed by atoms with Crippen molar-refractivity contribution in [3.8, 4) is 11.5 Å². The van der Waals surface area contributed by atoms with Crippen LogP contribution < -0.4 is 14.8 Å². The molecule has 0 aromatic heterocycles. The summed E-state index contributed by atoms with van der Waals surface area (Å²) < 4.78 is 12.0. The molecular formula is C19H22INO3. The second kappa shape index (κ2) is 8.37. The van der Waals surface area contributed by atoms with Gasteiger partial charge in [-0.25, -0.2) is 0 Å². The number of rotatable bonds is 6. The number of hydrogen-bond donors (Lipinski definition) is 1. The van der Waals surface area contributed by atoms with Crippen molar-refractivity contribution in [1.82, 2.24) is 0 Å². The fraction of sp³-hybridized carbons (Fsp3) is 0.316. The van der Waals surface area contributed by atoms with E-state index in [1.165, 1.54) is 5.56 Å². The number of amides is 1. The molecular weight excluding hydrogens is 417 g/mol. The van der Waals surface area contributed by atoms with Gasteiger partial charge in [0.15, 0.2) is 11.5 Å². The maximum atomic E-state index is 12.6. The molecule has 2 rings (SSSR count). The van der Waals surface area contributed by atoms with E-state index in [1.54, 1.807) is 13.2 Å². The van der Waals surface area contributed by atoms with Gasteiger partial charge in [0.1, 0.15) is 0 Å². The van der Waals surface area contributed by atoms with Crippen molar-refractivity contribution in [2.75, 3.05) is 19.0 Å². The summed E-state index contributed by atoms with van der Waals surface area (Å²) in [5.74, 6) is 1.09. The number of anilines is 1. The minimum absolute atomic E-state index is 0.166. The summed E-state index contributed by atoms with van der Waals surface area (Å²) in [6, 6.07) is 9.47. The van der Waals surface area contributed by atoms with Gasteiger partial charge in [-0.1, -0.05) is 24.6 Å². The van der Waals surface area contributed by atoms with Crippen LogP contribution in [-0.4, -0.2) is 19.6 Å². The first kappa shape index (κ1) is 18.6. The van der Waals surface area contributed by atoms with E-state index in [1.807, 2.05) is 45.0 Å². The zero-order valence-corrected chi connectivity index (χ0v) is 16.6.